The number of benzene rings is 1. The zero-order chi connectivity index (χ0) is 16.1. The maximum atomic E-state index is 13.0. The molecule has 1 amide bonds. The molecular formula is C16H16ClFN2O2. The lowest BCUT2D eigenvalue weighted by atomic mass is 10.2. The van der Waals surface area contributed by atoms with E-state index in [1.54, 1.807) is 19.2 Å². The molecule has 0 radical (unpaired) electrons. The summed E-state index contributed by atoms with van der Waals surface area (Å²) in [5.41, 5.74) is 0.753. The molecule has 6 heteroatoms. The van der Waals surface area contributed by atoms with Gasteiger partial charge in [0.2, 0.25) is 0 Å². The second kappa shape index (κ2) is 7.22. The molecule has 1 heterocycles. The number of pyridine rings is 1. The minimum atomic E-state index is -0.769. The first-order valence-electron chi connectivity index (χ1n) is 6.80. The van der Waals surface area contributed by atoms with Crippen LogP contribution in [0.15, 0.2) is 42.6 Å². The average Bonchev–Trinajstić information content (AvgIpc) is 2.50. The molecule has 2 atom stereocenters. The van der Waals surface area contributed by atoms with Crippen LogP contribution in [0.25, 0.3) is 0 Å². The van der Waals surface area contributed by atoms with E-state index in [2.05, 4.69) is 10.3 Å². The largest absolute Gasteiger partial charge is 0.479 e. The lowest BCUT2D eigenvalue weighted by molar-refractivity contribution is -0.127. The van der Waals surface area contributed by atoms with Crippen molar-refractivity contribution in [3.63, 3.8) is 0 Å². The molecule has 1 aromatic heterocycles. The number of rotatable bonds is 5. The highest BCUT2D eigenvalue weighted by atomic mass is 35.5. The summed E-state index contributed by atoms with van der Waals surface area (Å²) in [6, 6.07) is 8.99. The maximum Gasteiger partial charge on any atom is 0.261 e. The monoisotopic (exact) mass is 322 g/mol. The van der Waals surface area contributed by atoms with Crippen molar-refractivity contribution in [2.24, 2.45) is 0 Å². The van der Waals surface area contributed by atoms with E-state index in [0.29, 0.717) is 0 Å². The minimum absolute atomic E-state index is 0.123. The zero-order valence-electron chi connectivity index (χ0n) is 12.2. The number of nitrogens with zero attached hydrogens (tertiary/aromatic N) is 1. The van der Waals surface area contributed by atoms with Crippen LogP contribution in [0.4, 0.5) is 4.39 Å². The molecular weight excluding hydrogens is 307 g/mol. The van der Waals surface area contributed by atoms with E-state index >= 15 is 0 Å². The van der Waals surface area contributed by atoms with Crippen LogP contribution >= 0.6 is 11.6 Å². The fourth-order valence-corrected chi connectivity index (χ4v) is 2.06. The minimum Gasteiger partial charge on any atom is -0.479 e. The van der Waals surface area contributed by atoms with E-state index in [1.807, 2.05) is 19.1 Å². The molecule has 116 valence electrons. The van der Waals surface area contributed by atoms with Crippen molar-refractivity contribution in [1.29, 1.82) is 0 Å². The highest BCUT2D eigenvalue weighted by Crippen LogP contribution is 2.26. The summed E-state index contributed by atoms with van der Waals surface area (Å²) < 4.78 is 18.4. The summed E-state index contributed by atoms with van der Waals surface area (Å²) in [6.07, 6.45) is 0.894. The molecule has 2 aromatic rings. The lowest BCUT2D eigenvalue weighted by Crippen LogP contribution is -2.38. The summed E-state index contributed by atoms with van der Waals surface area (Å²) >= 11 is 5.87. The van der Waals surface area contributed by atoms with Crippen molar-refractivity contribution >= 4 is 17.5 Å². The number of carbonyl (C=O) groups excluding carboxylic acids is 1. The molecule has 2 rings (SSSR count). The van der Waals surface area contributed by atoms with Crippen LogP contribution in [0.5, 0.6) is 5.75 Å². The fourth-order valence-electron chi connectivity index (χ4n) is 1.85. The Balaban J connectivity index is 1.97. The summed E-state index contributed by atoms with van der Waals surface area (Å²) in [5.74, 6) is -0.507. The van der Waals surface area contributed by atoms with Crippen molar-refractivity contribution < 1.29 is 13.9 Å². The zero-order valence-corrected chi connectivity index (χ0v) is 13.0. The van der Waals surface area contributed by atoms with E-state index in [0.717, 1.165) is 11.8 Å². The van der Waals surface area contributed by atoms with Gasteiger partial charge in [-0.15, -0.1) is 0 Å². The Labute approximate surface area is 133 Å². The first-order valence-corrected chi connectivity index (χ1v) is 7.18. The van der Waals surface area contributed by atoms with Gasteiger partial charge in [-0.25, -0.2) is 4.39 Å². The van der Waals surface area contributed by atoms with E-state index in [4.69, 9.17) is 16.3 Å². The van der Waals surface area contributed by atoms with Crippen LogP contribution in [0.2, 0.25) is 5.02 Å². The predicted octanol–water partition coefficient (Wildman–Crippen LogP) is 3.52. The van der Waals surface area contributed by atoms with Gasteiger partial charge in [0.25, 0.3) is 5.91 Å². The van der Waals surface area contributed by atoms with Gasteiger partial charge in [-0.3, -0.25) is 9.78 Å². The predicted molar refractivity (Wildman–Crippen MR) is 82.3 cm³/mol. The molecule has 0 spiro atoms. The van der Waals surface area contributed by atoms with Gasteiger partial charge >= 0.3 is 0 Å². The Morgan fingerprint density at radius 2 is 2.09 bits per heavy atom. The van der Waals surface area contributed by atoms with Crippen molar-refractivity contribution in [3.05, 3.63) is 59.1 Å². The Morgan fingerprint density at radius 3 is 2.73 bits per heavy atom. The van der Waals surface area contributed by atoms with Crippen molar-refractivity contribution in [2.45, 2.75) is 26.0 Å². The van der Waals surface area contributed by atoms with Crippen molar-refractivity contribution in [3.8, 4) is 5.75 Å². The van der Waals surface area contributed by atoms with Gasteiger partial charge in [0.15, 0.2) is 6.10 Å². The Kier molecular flexibility index (Phi) is 5.33. The molecule has 0 saturated heterocycles. The quantitative estimate of drug-likeness (QED) is 0.916. The summed E-state index contributed by atoms with van der Waals surface area (Å²) in [7, 11) is 0. The lowest BCUT2D eigenvalue weighted by Gasteiger charge is -2.19. The topological polar surface area (TPSA) is 51.2 Å². The summed E-state index contributed by atoms with van der Waals surface area (Å²) in [6.45, 7) is 3.43. The second-order valence-corrected chi connectivity index (χ2v) is 5.23. The van der Waals surface area contributed by atoms with Gasteiger partial charge in [-0.1, -0.05) is 17.7 Å². The molecule has 1 aromatic carbocycles. The Bertz CT molecular complexity index is 652. The van der Waals surface area contributed by atoms with Gasteiger partial charge < -0.3 is 10.1 Å². The summed E-state index contributed by atoms with van der Waals surface area (Å²) in [4.78, 5) is 16.3. The first kappa shape index (κ1) is 16.2. The normalized spacial score (nSPS) is 13.3. The third-order valence-corrected chi connectivity index (χ3v) is 3.35. The number of carbonyl (C=O) groups is 1. The smallest absolute Gasteiger partial charge is 0.261 e. The van der Waals surface area contributed by atoms with Crippen molar-refractivity contribution in [1.82, 2.24) is 10.3 Å². The van der Waals surface area contributed by atoms with Crippen molar-refractivity contribution in [2.75, 3.05) is 0 Å². The van der Waals surface area contributed by atoms with E-state index in [1.165, 1.54) is 12.1 Å². The van der Waals surface area contributed by atoms with Crippen LogP contribution < -0.4 is 10.1 Å². The first-order chi connectivity index (χ1) is 10.5. The third kappa shape index (κ3) is 4.18. The van der Waals surface area contributed by atoms with Gasteiger partial charge in [0.1, 0.15) is 11.6 Å². The molecule has 0 unspecified atom stereocenters. The van der Waals surface area contributed by atoms with E-state index in [-0.39, 0.29) is 22.7 Å². The number of halogens is 2. The van der Waals surface area contributed by atoms with Gasteiger partial charge in [-0.2, -0.15) is 0 Å². The molecule has 1 N–H and O–H groups in total. The van der Waals surface area contributed by atoms with Crippen LogP contribution in [0.1, 0.15) is 25.6 Å². The van der Waals surface area contributed by atoms with Crippen LogP contribution in [0, 0.1) is 5.82 Å². The Morgan fingerprint density at radius 1 is 1.32 bits per heavy atom. The molecule has 4 nitrogen and oxygen atoms in total. The number of amides is 1. The highest BCUT2D eigenvalue weighted by Gasteiger charge is 2.19. The van der Waals surface area contributed by atoms with Crippen LogP contribution in [0.3, 0.4) is 0 Å². The number of hydrogen-bond donors (Lipinski definition) is 1. The van der Waals surface area contributed by atoms with Gasteiger partial charge in [0, 0.05) is 6.20 Å². The Hall–Kier alpha value is -2.14. The molecule has 22 heavy (non-hydrogen) atoms. The number of nitrogens with one attached hydrogen (secondary N) is 1. The summed E-state index contributed by atoms with van der Waals surface area (Å²) in [5, 5.41) is 2.93. The molecule has 0 aliphatic carbocycles. The number of aromatic nitrogens is 1. The molecule has 0 aliphatic heterocycles. The SMILES string of the molecule is C[C@H](Oc1ccc(F)cc1Cl)C(=O)N[C@@H](C)c1ccccn1. The number of hydrogen-bond acceptors (Lipinski definition) is 3. The average molecular weight is 323 g/mol. The van der Waals surface area contributed by atoms with Gasteiger partial charge in [-0.05, 0) is 44.2 Å². The second-order valence-electron chi connectivity index (χ2n) is 4.82. The van der Waals surface area contributed by atoms with Crippen LogP contribution in [-0.4, -0.2) is 17.0 Å². The van der Waals surface area contributed by atoms with E-state index in [9.17, 15) is 9.18 Å². The van der Waals surface area contributed by atoms with E-state index < -0.39 is 11.9 Å². The molecule has 0 bridgehead atoms. The van der Waals surface area contributed by atoms with Crippen LogP contribution in [-0.2, 0) is 4.79 Å². The maximum absolute atomic E-state index is 13.0. The third-order valence-electron chi connectivity index (χ3n) is 3.06. The number of ether oxygens (including phenoxy) is 1. The molecule has 0 fully saturated rings. The van der Waals surface area contributed by atoms with Gasteiger partial charge in [0.05, 0.1) is 16.8 Å². The molecule has 0 saturated carbocycles. The standard InChI is InChI=1S/C16H16ClFN2O2/c1-10(14-5-3-4-8-19-14)20-16(21)11(2)22-15-7-6-12(18)9-13(15)17/h3-11H,1-2H3,(H,20,21)/t10-,11-/m0/s1. The molecule has 0 aliphatic rings. The fraction of sp³-hybridized carbons (Fsp3) is 0.250. The highest BCUT2D eigenvalue weighted by molar-refractivity contribution is 6.32.